The van der Waals surface area contributed by atoms with Crippen LogP contribution < -0.4 is 10.2 Å². The van der Waals surface area contributed by atoms with Crippen LogP contribution in [-0.2, 0) is 23.0 Å². The molecule has 0 saturated carbocycles. The van der Waals surface area contributed by atoms with Crippen LogP contribution in [0.3, 0.4) is 0 Å². The molecule has 2 aliphatic heterocycles. The molecule has 8 heteroatoms. The number of nitrogens with zero attached hydrogens (tertiary/aromatic N) is 3. The number of amides is 2. The Morgan fingerprint density at radius 1 is 1.15 bits per heavy atom. The number of carbonyl (C=O) groups is 1. The molecule has 142 valence electrons. The number of aromatic nitrogens is 1. The lowest BCUT2D eigenvalue weighted by atomic mass is 10.2. The zero-order chi connectivity index (χ0) is 18.9. The van der Waals surface area contributed by atoms with Crippen LogP contribution in [0.15, 0.2) is 47.6 Å². The zero-order valence-electron chi connectivity index (χ0n) is 15.0. The third-order valence-corrected chi connectivity index (χ3v) is 6.96. The van der Waals surface area contributed by atoms with Crippen molar-refractivity contribution in [2.45, 2.75) is 30.7 Å². The molecule has 1 saturated heterocycles. The molecule has 2 aromatic rings. The molecular formula is C19H22N4O3S. The monoisotopic (exact) mass is 386 g/mol. The maximum Gasteiger partial charge on any atom is 0.322 e. The molecular weight excluding hydrogens is 364 g/mol. The number of sulfonamides is 1. The number of rotatable bonds is 4. The van der Waals surface area contributed by atoms with Gasteiger partial charge in [0.2, 0.25) is 10.0 Å². The first-order valence-electron chi connectivity index (χ1n) is 9.13. The minimum absolute atomic E-state index is 0.228. The molecule has 1 aromatic carbocycles. The summed E-state index contributed by atoms with van der Waals surface area (Å²) in [4.78, 5) is 18.5. The number of hydrogen-bond donors (Lipinski definition) is 1. The number of pyridine rings is 1. The van der Waals surface area contributed by atoms with Gasteiger partial charge in [-0.05, 0) is 48.6 Å². The third kappa shape index (κ3) is 3.54. The summed E-state index contributed by atoms with van der Waals surface area (Å²) in [5.41, 5.74) is 2.58. The Labute approximate surface area is 159 Å². The first-order valence-corrected chi connectivity index (χ1v) is 10.6. The fourth-order valence-electron chi connectivity index (χ4n) is 3.58. The van der Waals surface area contributed by atoms with Gasteiger partial charge in [0.05, 0.1) is 10.6 Å². The highest BCUT2D eigenvalue weighted by molar-refractivity contribution is 7.89. The van der Waals surface area contributed by atoms with Crippen LogP contribution in [0.1, 0.15) is 24.0 Å². The van der Waals surface area contributed by atoms with Gasteiger partial charge in [-0.3, -0.25) is 9.88 Å². The van der Waals surface area contributed by atoms with Gasteiger partial charge in [0, 0.05) is 38.6 Å². The maximum atomic E-state index is 12.8. The van der Waals surface area contributed by atoms with Gasteiger partial charge in [-0.25, -0.2) is 13.2 Å². The summed E-state index contributed by atoms with van der Waals surface area (Å²) in [6, 6.07) is 8.61. The molecule has 1 fully saturated rings. The summed E-state index contributed by atoms with van der Waals surface area (Å²) < 4.78 is 27.2. The van der Waals surface area contributed by atoms with E-state index in [9.17, 15) is 13.2 Å². The van der Waals surface area contributed by atoms with Crippen molar-refractivity contribution in [1.82, 2.24) is 14.6 Å². The molecule has 0 radical (unpaired) electrons. The molecule has 1 N–H and O–H groups in total. The Balaban J connectivity index is 1.53. The van der Waals surface area contributed by atoms with Crippen LogP contribution in [0.4, 0.5) is 10.5 Å². The maximum absolute atomic E-state index is 12.8. The molecule has 3 heterocycles. The van der Waals surface area contributed by atoms with Crippen LogP contribution in [0.5, 0.6) is 0 Å². The third-order valence-electron chi connectivity index (χ3n) is 5.07. The van der Waals surface area contributed by atoms with E-state index in [-0.39, 0.29) is 10.9 Å². The lowest BCUT2D eigenvalue weighted by molar-refractivity contribution is 0.246. The second-order valence-corrected chi connectivity index (χ2v) is 8.76. The molecule has 0 atom stereocenters. The van der Waals surface area contributed by atoms with E-state index in [1.807, 2.05) is 18.2 Å². The number of hydrogen-bond acceptors (Lipinski definition) is 4. The Bertz CT molecular complexity index is 941. The Kier molecular flexibility index (Phi) is 4.84. The summed E-state index contributed by atoms with van der Waals surface area (Å²) in [5, 5.41) is 2.88. The SMILES string of the molecule is O=C(NCc1cccnc1)N1CCc2ccc(S(=O)(=O)N3CCCC3)cc21. The van der Waals surface area contributed by atoms with Crippen molar-refractivity contribution in [3.05, 3.63) is 53.9 Å². The van der Waals surface area contributed by atoms with Crippen molar-refractivity contribution in [2.24, 2.45) is 0 Å². The number of carbonyl (C=O) groups excluding carboxylic acids is 1. The topological polar surface area (TPSA) is 82.6 Å². The summed E-state index contributed by atoms with van der Waals surface area (Å²) in [6.07, 6.45) is 5.91. The number of nitrogens with one attached hydrogen (secondary N) is 1. The van der Waals surface area contributed by atoms with Gasteiger partial charge in [-0.15, -0.1) is 0 Å². The van der Waals surface area contributed by atoms with E-state index in [1.54, 1.807) is 29.4 Å². The average Bonchev–Trinajstić information content (AvgIpc) is 3.36. The summed E-state index contributed by atoms with van der Waals surface area (Å²) in [5.74, 6) is 0. The molecule has 1 aromatic heterocycles. The number of anilines is 1. The minimum atomic E-state index is -3.50. The van der Waals surface area contributed by atoms with E-state index in [0.717, 1.165) is 30.4 Å². The van der Waals surface area contributed by atoms with Gasteiger partial charge >= 0.3 is 6.03 Å². The highest BCUT2D eigenvalue weighted by atomic mass is 32.2. The highest BCUT2D eigenvalue weighted by Gasteiger charge is 2.30. The molecule has 2 amide bonds. The molecule has 4 rings (SSSR count). The summed E-state index contributed by atoms with van der Waals surface area (Å²) in [7, 11) is -3.50. The Morgan fingerprint density at radius 2 is 1.96 bits per heavy atom. The van der Waals surface area contributed by atoms with E-state index < -0.39 is 10.0 Å². The highest BCUT2D eigenvalue weighted by Crippen LogP contribution is 2.32. The van der Waals surface area contributed by atoms with E-state index in [0.29, 0.717) is 31.9 Å². The van der Waals surface area contributed by atoms with Crippen molar-refractivity contribution in [2.75, 3.05) is 24.5 Å². The van der Waals surface area contributed by atoms with Gasteiger partial charge in [0.1, 0.15) is 0 Å². The number of benzene rings is 1. The fourth-order valence-corrected chi connectivity index (χ4v) is 5.12. The van der Waals surface area contributed by atoms with E-state index in [2.05, 4.69) is 10.3 Å². The molecule has 7 nitrogen and oxygen atoms in total. The van der Waals surface area contributed by atoms with Crippen LogP contribution in [0, 0.1) is 0 Å². The largest absolute Gasteiger partial charge is 0.334 e. The van der Waals surface area contributed by atoms with Crippen molar-refractivity contribution in [1.29, 1.82) is 0 Å². The molecule has 27 heavy (non-hydrogen) atoms. The molecule has 0 bridgehead atoms. The minimum Gasteiger partial charge on any atom is -0.334 e. The number of fused-ring (bicyclic) bond motifs is 1. The van der Waals surface area contributed by atoms with Crippen molar-refractivity contribution >= 4 is 21.7 Å². The van der Waals surface area contributed by atoms with E-state index >= 15 is 0 Å². The molecule has 0 spiro atoms. The van der Waals surface area contributed by atoms with Gasteiger partial charge in [-0.1, -0.05) is 12.1 Å². The smallest absolute Gasteiger partial charge is 0.322 e. The van der Waals surface area contributed by atoms with E-state index in [4.69, 9.17) is 0 Å². The second-order valence-electron chi connectivity index (χ2n) is 6.82. The van der Waals surface area contributed by atoms with Crippen LogP contribution in [0.25, 0.3) is 0 Å². The van der Waals surface area contributed by atoms with Crippen LogP contribution >= 0.6 is 0 Å². The Hall–Kier alpha value is -2.45. The van der Waals surface area contributed by atoms with Crippen LogP contribution in [0.2, 0.25) is 0 Å². The van der Waals surface area contributed by atoms with Crippen molar-refractivity contribution in [3.63, 3.8) is 0 Å². The fraction of sp³-hybridized carbons (Fsp3) is 0.368. The first kappa shape index (κ1) is 17.9. The normalized spacial score (nSPS) is 17.1. The molecule has 2 aliphatic rings. The predicted octanol–water partition coefficient (Wildman–Crippen LogP) is 2.14. The summed E-state index contributed by atoms with van der Waals surface area (Å²) >= 11 is 0. The van der Waals surface area contributed by atoms with Gasteiger partial charge in [0.15, 0.2) is 0 Å². The van der Waals surface area contributed by atoms with Gasteiger partial charge < -0.3 is 5.32 Å². The van der Waals surface area contributed by atoms with Crippen molar-refractivity contribution in [3.8, 4) is 0 Å². The van der Waals surface area contributed by atoms with Crippen LogP contribution in [-0.4, -0.2) is 43.4 Å². The summed E-state index contributed by atoms with van der Waals surface area (Å²) in [6.45, 7) is 2.05. The second kappa shape index (κ2) is 7.28. The zero-order valence-corrected chi connectivity index (χ0v) is 15.8. The van der Waals surface area contributed by atoms with Crippen molar-refractivity contribution < 1.29 is 13.2 Å². The van der Waals surface area contributed by atoms with E-state index in [1.165, 1.54) is 4.31 Å². The standard InChI is InChI=1S/C19H22N4O3S/c24-19(21-14-15-4-3-8-20-13-15)23-11-7-16-5-6-17(12-18(16)23)27(25,26)22-9-1-2-10-22/h3-6,8,12-13H,1-2,7,9-11,14H2,(H,21,24). The Morgan fingerprint density at radius 3 is 2.70 bits per heavy atom. The molecule has 0 aliphatic carbocycles. The van der Waals surface area contributed by atoms with Gasteiger partial charge in [-0.2, -0.15) is 4.31 Å². The molecule has 0 unspecified atom stereocenters. The quantitative estimate of drug-likeness (QED) is 0.873. The average molecular weight is 386 g/mol. The number of urea groups is 1. The first-order chi connectivity index (χ1) is 13.1. The predicted molar refractivity (Wildman–Crippen MR) is 102 cm³/mol. The lowest BCUT2D eigenvalue weighted by Gasteiger charge is -2.20. The lowest BCUT2D eigenvalue weighted by Crippen LogP contribution is -2.38. The van der Waals surface area contributed by atoms with Gasteiger partial charge in [0.25, 0.3) is 0 Å².